The van der Waals surface area contributed by atoms with Gasteiger partial charge in [0.2, 0.25) is 0 Å². The van der Waals surface area contributed by atoms with Crippen molar-refractivity contribution in [3.8, 4) is 0 Å². The van der Waals surface area contributed by atoms with Gasteiger partial charge < -0.3 is 4.57 Å². The minimum Gasteiger partial charge on any atom is -0.318 e. The van der Waals surface area contributed by atoms with Crippen molar-refractivity contribution in [3.63, 3.8) is 0 Å². The molecule has 0 spiro atoms. The summed E-state index contributed by atoms with van der Waals surface area (Å²) < 4.78 is 2.35. The number of aryl methyl sites for hydroxylation is 3. The molecule has 0 bridgehead atoms. The van der Waals surface area contributed by atoms with E-state index in [0.717, 1.165) is 6.42 Å². The van der Waals surface area contributed by atoms with Crippen LogP contribution in [0, 0.1) is 20.8 Å². The van der Waals surface area contributed by atoms with Crippen LogP contribution in [0.1, 0.15) is 37.1 Å². The number of hydrogen-bond acceptors (Lipinski definition) is 0. The van der Waals surface area contributed by atoms with Crippen molar-refractivity contribution in [1.29, 1.82) is 0 Å². The monoisotopic (exact) mass is 305 g/mol. The largest absolute Gasteiger partial charge is 0.318 e. The minimum absolute atomic E-state index is 0.956. The molecule has 2 aromatic rings. The van der Waals surface area contributed by atoms with Crippen LogP contribution in [0.2, 0.25) is 0 Å². The summed E-state index contributed by atoms with van der Waals surface area (Å²) in [6.07, 6.45) is 7.51. The standard InChI is InChI=1S/C22H27N/c1-6-7-8-11-19(4)23-20(5)15-14-17(2)16-18(3)21-12-9-10-13-22(21)23/h6-7,9-16H,8H2,1-5H3/b7-6-,17-14?,18-16?,19-11+,20-15?. The van der Waals surface area contributed by atoms with Crippen LogP contribution < -0.4 is 0 Å². The Hall–Kier alpha value is -2.28. The van der Waals surface area contributed by atoms with Crippen molar-refractivity contribution < 1.29 is 0 Å². The Morgan fingerprint density at radius 1 is 1.04 bits per heavy atom. The van der Waals surface area contributed by atoms with Gasteiger partial charge in [0.1, 0.15) is 0 Å². The number of nitrogens with zero attached hydrogens (tertiary/aromatic N) is 1. The first-order valence-corrected chi connectivity index (χ1v) is 8.25. The zero-order valence-corrected chi connectivity index (χ0v) is 14.9. The van der Waals surface area contributed by atoms with Gasteiger partial charge in [-0.15, -0.1) is 0 Å². The summed E-state index contributed by atoms with van der Waals surface area (Å²) >= 11 is 0. The Kier molecular flexibility index (Phi) is 5.81. The van der Waals surface area contributed by atoms with Gasteiger partial charge in [0, 0.05) is 16.8 Å². The van der Waals surface area contributed by atoms with Crippen LogP contribution in [0.25, 0.3) is 16.6 Å². The number of allylic oxidation sites excluding steroid dienone is 4. The molecule has 0 aliphatic carbocycles. The fourth-order valence-corrected chi connectivity index (χ4v) is 2.92. The molecule has 0 unspecified atom stereocenters. The summed E-state index contributed by atoms with van der Waals surface area (Å²) in [5.41, 5.74) is 6.30. The lowest BCUT2D eigenvalue weighted by Gasteiger charge is -2.13. The zero-order valence-electron chi connectivity index (χ0n) is 14.9. The predicted octanol–water partition coefficient (Wildman–Crippen LogP) is 6.52. The van der Waals surface area contributed by atoms with Crippen LogP contribution in [0.4, 0.5) is 0 Å². The molecule has 0 aliphatic heterocycles. The molecule has 0 amide bonds. The molecule has 120 valence electrons. The normalized spacial score (nSPS) is 12.0. The van der Waals surface area contributed by atoms with Crippen molar-refractivity contribution >= 4 is 16.6 Å². The maximum absolute atomic E-state index is 2.35. The van der Waals surface area contributed by atoms with Crippen LogP contribution in [-0.2, 0) is 0 Å². The van der Waals surface area contributed by atoms with Gasteiger partial charge in [0.05, 0.1) is 5.52 Å². The van der Waals surface area contributed by atoms with Crippen LogP contribution in [0.15, 0.2) is 60.7 Å². The molecule has 1 heteroatoms. The van der Waals surface area contributed by atoms with E-state index < -0.39 is 0 Å². The number of benzene rings is 1. The second kappa shape index (κ2) is 7.82. The lowest BCUT2D eigenvalue weighted by molar-refractivity contribution is 1.04. The molecule has 0 saturated heterocycles. The molecule has 1 aromatic heterocycles. The number of rotatable bonds is 3. The quantitative estimate of drug-likeness (QED) is 0.569. The van der Waals surface area contributed by atoms with Crippen LogP contribution in [-0.4, -0.2) is 4.57 Å². The topological polar surface area (TPSA) is 4.93 Å². The molecule has 0 aliphatic rings. The van der Waals surface area contributed by atoms with Crippen molar-refractivity contribution in [3.05, 3.63) is 77.5 Å². The highest BCUT2D eigenvalue weighted by atomic mass is 15.0. The SMILES string of the molecule is C/C=C\C/C=C(\C)n1c(C)ccc(C)cc(C)c2ccccc21. The van der Waals surface area contributed by atoms with Crippen molar-refractivity contribution in [1.82, 2.24) is 4.57 Å². The van der Waals surface area contributed by atoms with Gasteiger partial charge in [-0.2, -0.15) is 0 Å². The summed E-state index contributed by atoms with van der Waals surface area (Å²) in [6, 6.07) is 15.3. The van der Waals surface area contributed by atoms with E-state index in [9.17, 15) is 0 Å². The van der Waals surface area contributed by atoms with Crippen molar-refractivity contribution in [2.75, 3.05) is 0 Å². The van der Waals surface area contributed by atoms with Gasteiger partial charge >= 0.3 is 0 Å². The molecule has 1 aromatic carbocycles. The van der Waals surface area contributed by atoms with Gasteiger partial charge in [-0.1, -0.05) is 54.1 Å². The Morgan fingerprint density at radius 2 is 1.78 bits per heavy atom. The molecule has 2 rings (SSSR count). The van der Waals surface area contributed by atoms with Gasteiger partial charge in [-0.25, -0.2) is 0 Å². The van der Waals surface area contributed by atoms with Crippen LogP contribution in [0.5, 0.6) is 0 Å². The molecular formula is C22H27N. The third-order valence-corrected chi connectivity index (χ3v) is 4.09. The summed E-state index contributed by atoms with van der Waals surface area (Å²) in [5, 5.41) is 1.29. The molecule has 0 fully saturated rings. The zero-order chi connectivity index (χ0) is 16.8. The average Bonchev–Trinajstić information content (AvgIpc) is 2.57. The third-order valence-electron chi connectivity index (χ3n) is 4.09. The second-order valence-corrected chi connectivity index (χ2v) is 6.05. The highest BCUT2D eigenvalue weighted by molar-refractivity contribution is 5.84. The molecule has 1 nitrogen and oxygen atoms in total. The van der Waals surface area contributed by atoms with E-state index in [1.54, 1.807) is 0 Å². The molecule has 0 saturated carbocycles. The van der Waals surface area contributed by atoms with E-state index in [0.29, 0.717) is 0 Å². The summed E-state index contributed by atoms with van der Waals surface area (Å²) in [4.78, 5) is 0. The molecule has 1 heterocycles. The Labute approximate surface area is 140 Å². The van der Waals surface area contributed by atoms with Crippen molar-refractivity contribution in [2.45, 2.75) is 41.0 Å². The van der Waals surface area contributed by atoms with E-state index in [4.69, 9.17) is 0 Å². The summed E-state index contributed by atoms with van der Waals surface area (Å²) in [6.45, 7) is 10.8. The summed E-state index contributed by atoms with van der Waals surface area (Å²) in [7, 11) is 0. The minimum atomic E-state index is 0.956. The van der Waals surface area contributed by atoms with E-state index >= 15 is 0 Å². The number of aromatic nitrogens is 1. The van der Waals surface area contributed by atoms with E-state index in [1.807, 2.05) is 0 Å². The Balaban J connectivity index is 2.90. The molecule has 23 heavy (non-hydrogen) atoms. The molecule has 0 N–H and O–H groups in total. The lowest BCUT2D eigenvalue weighted by Crippen LogP contribution is -1.99. The fourth-order valence-electron chi connectivity index (χ4n) is 2.92. The molecular weight excluding hydrogens is 278 g/mol. The van der Waals surface area contributed by atoms with Gasteiger partial charge in [-0.05, 0) is 58.7 Å². The molecule has 0 atom stereocenters. The first kappa shape index (κ1) is 17.1. The second-order valence-electron chi connectivity index (χ2n) is 6.05. The Morgan fingerprint density at radius 3 is 2.52 bits per heavy atom. The average molecular weight is 305 g/mol. The first-order valence-electron chi connectivity index (χ1n) is 8.25. The third kappa shape index (κ3) is 4.13. The number of fused-ring (bicyclic) bond motifs is 1. The van der Waals surface area contributed by atoms with Crippen LogP contribution in [0.3, 0.4) is 0 Å². The lowest BCUT2D eigenvalue weighted by atomic mass is 10.1. The fraction of sp³-hybridized carbons (Fsp3) is 0.273. The number of hydrogen-bond donors (Lipinski definition) is 0. The van der Waals surface area contributed by atoms with E-state index in [-0.39, 0.29) is 0 Å². The van der Waals surface area contributed by atoms with Crippen molar-refractivity contribution in [2.24, 2.45) is 0 Å². The van der Waals surface area contributed by atoms with Crippen LogP contribution >= 0.6 is 0 Å². The van der Waals surface area contributed by atoms with Gasteiger partial charge in [0.25, 0.3) is 0 Å². The van der Waals surface area contributed by atoms with Gasteiger partial charge in [-0.3, -0.25) is 0 Å². The predicted molar refractivity (Wildman–Crippen MR) is 103 cm³/mol. The van der Waals surface area contributed by atoms with E-state index in [1.165, 1.54) is 33.4 Å². The molecule has 0 radical (unpaired) electrons. The summed E-state index contributed by atoms with van der Waals surface area (Å²) in [5.74, 6) is 0. The maximum atomic E-state index is 2.35. The highest BCUT2D eigenvalue weighted by Gasteiger charge is 2.03. The van der Waals surface area contributed by atoms with E-state index in [2.05, 4.69) is 99.9 Å². The smallest absolute Gasteiger partial charge is 0.0529 e. The number of para-hydroxylation sites is 1. The Bertz CT molecular complexity index is 802. The van der Waals surface area contributed by atoms with Gasteiger partial charge in [0.15, 0.2) is 0 Å². The first-order chi connectivity index (χ1) is 11.0. The maximum Gasteiger partial charge on any atom is 0.0529 e. The highest BCUT2D eigenvalue weighted by Crippen LogP contribution is 2.21.